The van der Waals surface area contributed by atoms with Gasteiger partial charge in [0.05, 0.1) is 0 Å². The molecule has 4 rings (SSSR count). The van der Waals surface area contributed by atoms with Crippen LogP contribution in [-0.2, 0) is 6.54 Å². The molecule has 2 aromatic heterocycles. The quantitative estimate of drug-likeness (QED) is 0.718. The molecular formula is C18H18F2N6. The lowest BCUT2D eigenvalue weighted by atomic mass is 10.2. The number of benzene rings is 1. The van der Waals surface area contributed by atoms with E-state index in [0.717, 1.165) is 43.9 Å². The first-order valence-corrected chi connectivity index (χ1v) is 8.42. The molecule has 134 valence electrons. The van der Waals surface area contributed by atoms with Gasteiger partial charge < -0.3 is 4.90 Å². The average Bonchev–Trinajstić information content (AvgIpc) is 3.20. The Morgan fingerprint density at radius 3 is 2.50 bits per heavy atom. The molecular weight excluding hydrogens is 338 g/mol. The molecule has 0 atom stereocenters. The maximum absolute atomic E-state index is 13.8. The molecule has 1 aromatic carbocycles. The van der Waals surface area contributed by atoms with Gasteiger partial charge in [0.25, 0.3) is 0 Å². The summed E-state index contributed by atoms with van der Waals surface area (Å²) >= 11 is 0. The number of hydrogen-bond acceptors (Lipinski definition) is 5. The van der Waals surface area contributed by atoms with Crippen molar-refractivity contribution in [1.82, 2.24) is 24.6 Å². The van der Waals surface area contributed by atoms with Gasteiger partial charge in [0.2, 0.25) is 0 Å². The van der Waals surface area contributed by atoms with Crippen LogP contribution in [0.4, 0.5) is 14.6 Å². The van der Waals surface area contributed by atoms with Gasteiger partial charge in [-0.1, -0.05) is 6.07 Å². The summed E-state index contributed by atoms with van der Waals surface area (Å²) in [5.74, 6) is 0.522. The molecule has 6 nitrogen and oxygen atoms in total. The van der Waals surface area contributed by atoms with Gasteiger partial charge in [0, 0.05) is 62.8 Å². The molecule has 26 heavy (non-hydrogen) atoms. The van der Waals surface area contributed by atoms with Crippen LogP contribution in [0.1, 0.15) is 5.56 Å². The molecule has 0 bridgehead atoms. The van der Waals surface area contributed by atoms with Crippen molar-refractivity contribution in [2.75, 3.05) is 31.1 Å². The van der Waals surface area contributed by atoms with Crippen molar-refractivity contribution >= 4 is 5.82 Å². The topological polar surface area (TPSA) is 50.1 Å². The monoisotopic (exact) mass is 356 g/mol. The number of anilines is 1. The van der Waals surface area contributed by atoms with Crippen molar-refractivity contribution in [3.05, 3.63) is 66.3 Å². The maximum Gasteiger partial charge on any atom is 0.158 e. The van der Waals surface area contributed by atoms with E-state index in [1.807, 2.05) is 18.3 Å². The van der Waals surface area contributed by atoms with E-state index in [1.54, 1.807) is 10.9 Å². The van der Waals surface area contributed by atoms with Crippen LogP contribution < -0.4 is 4.90 Å². The standard InChI is InChI=1S/C18H18F2N6/c19-15-3-2-14(16(20)10-15)12-24-6-8-25(9-7-24)17-11-18(22-13-21-17)26-5-1-4-23-26/h1-5,10-11,13H,6-9,12H2. The number of nitrogens with zero attached hydrogens (tertiary/aromatic N) is 6. The highest BCUT2D eigenvalue weighted by atomic mass is 19.1. The van der Waals surface area contributed by atoms with Crippen molar-refractivity contribution in [2.24, 2.45) is 0 Å². The summed E-state index contributed by atoms with van der Waals surface area (Å²) in [4.78, 5) is 12.9. The Morgan fingerprint density at radius 1 is 0.962 bits per heavy atom. The largest absolute Gasteiger partial charge is 0.354 e. The number of aromatic nitrogens is 4. The van der Waals surface area contributed by atoms with Crippen LogP contribution in [0, 0.1) is 11.6 Å². The molecule has 1 aliphatic heterocycles. The van der Waals surface area contributed by atoms with Crippen LogP contribution in [0.5, 0.6) is 0 Å². The van der Waals surface area contributed by atoms with E-state index in [4.69, 9.17) is 0 Å². The molecule has 1 saturated heterocycles. The Bertz CT molecular complexity index is 875. The first-order chi connectivity index (χ1) is 12.7. The summed E-state index contributed by atoms with van der Waals surface area (Å²) in [5, 5.41) is 4.18. The van der Waals surface area contributed by atoms with Gasteiger partial charge in [0.1, 0.15) is 23.8 Å². The second-order valence-corrected chi connectivity index (χ2v) is 6.18. The molecule has 8 heteroatoms. The zero-order valence-electron chi connectivity index (χ0n) is 14.1. The van der Waals surface area contributed by atoms with E-state index >= 15 is 0 Å². The summed E-state index contributed by atoms with van der Waals surface area (Å²) in [6.45, 7) is 3.58. The van der Waals surface area contributed by atoms with Gasteiger partial charge in [-0.25, -0.2) is 23.4 Å². The smallest absolute Gasteiger partial charge is 0.158 e. The normalized spacial score (nSPS) is 15.4. The van der Waals surface area contributed by atoms with Crippen LogP contribution in [0.25, 0.3) is 5.82 Å². The molecule has 0 amide bonds. The first kappa shape index (κ1) is 16.6. The maximum atomic E-state index is 13.8. The molecule has 1 fully saturated rings. The third-order valence-corrected chi connectivity index (χ3v) is 4.48. The number of piperazine rings is 1. The molecule has 3 heterocycles. The highest BCUT2D eigenvalue weighted by Crippen LogP contribution is 2.18. The van der Waals surface area contributed by atoms with Gasteiger partial charge in [-0.05, 0) is 12.1 Å². The van der Waals surface area contributed by atoms with Gasteiger partial charge >= 0.3 is 0 Å². The molecule has 0 radical (unpaired) electrons. The SMILES string of the molecule is Fc1ccc(CN2CCN(c3cc(-n4cccn4)ncn3)CC2)c(F)c1. The summed E-state index contributed by atoms with van der Waals surface area (Å²) in [6, 6.07) is 7.49. The first-order valence-electron chi connectivity index (χ1n) is 8.42. The Morgan fingerprint density at radius 2 is 1.77 bits per heavy atom. The minimum Gasteiger partial charge on any atom is -0.354 e. The minimum atomic E-state index is -0.548. The Labute approximate surface area is 149 Å². The van der Waals surface area contributed by atoms with Crippen molar-refractivity contribution in [1.29, 1.82) is 0 Å². The average molecular weight is 356 g/mol. The second kappa shape index (κ2) is 7.17. The minimum absolute atomic E-state index is 0.474. The van der Waals surface area contributed by atoms with Gasteiger partial charge in [-0.3, -0.25) is 4.90 Å². The lowest BCUT2D eigenvalue weighted by Gasteiger charge is -2.35. The number of rotatable bonds is 4. The highest BCUT2D eigenvalue weighted by Gasteiger charge is 2.20. The van der Waals surface area contributed by atoms with Crippen molar-refractivity contribution in [3.8, 4) is 5.82 Å². The zero-order valence-corrected chi connectivity index (χ0v) is 14.1. The van der Waals surface area contributed by atoms with E-state index in [1.165, 1.54) is 18.5 Å². The highest BCUT2D eigenvalue weighted by molar-refractivity contribution is 5.43. The fourth-order valence-electron chi connectivity index (χ4n) is 3.07. The number of halogens is 2. The molecule has 0 aliphatic carbocycles. The third-order valence-electron chi connectivity index (χ3n) is 4.48. The Kier molecular flexibility index (Phi) is 4.57. The predicted octanol–water partition coefficient (Wildman–Crippen LogP) is 2.26. The van der Waals surface area contributed by atoms with E-state index in [-0.39, 0.29) is 0 Å². The van der Waals surface area contributed by atoms with E-state index in [0.29, 0.717) is 12.1 Å². The molecule has 0 saturated carbocycles. The van der Waals surface area contributed by atoms with Crippen molar-refractivity contribution < 1.29 is 8.78 Å². The van der Waals surface area contributed by atoms with Gasteiger partial charge in [0.15, 0.2) is 5.82 Å². The molecule has 0 N–H and O–H groups in total. The summed E-state index contributed by atoms with van der Waals surface area (Å²) in [5.41, 5.74) is 0.517. The van der Waals surface area contributed by atoms with Gasteiger partial charge in [-0.2, -0.15) is 5.10 Å². The third kappa shape index (κ3) is 3.55. The molecule has 1 aliphatic rings. The van der Waals surface area contributed by atoms with Crippen molar-refractivity contribution in [3.63, 3.8) is 0 Å². The predicted molar refractivity (Wildman–Crippen MR) is 93.0 cm³/mol. The van der Waals surface area contributed by atoms with Crippen LogP contribution in [0.15, 0.2) is 49.1 Å². The Balaban J connectivity index is 1.40. The fraction of sp³-hybridized carbons (Fsp3) is 0.278. The lowest BCUT2D eigenvalue weighted by Crippen LogP contribution is -2.46. The lowest BCUT2D eigenvalue weighted by molar-refractivity contribution is 0.246. The summed E-state index contributed by atoms with van der Waals surface area (Å²) in [6.07, 6.45) is 5.07. The second-order valence-electron chi connectivity index (χ2n) is 6.18. The molecule has 3 aromatic rings. The Hall–Kier alpha value is -2.87. The van der Waals surface area contributed by atoms with Crippen LogP contribution in [-0.4, -0.2) is 50.8 Å². The van der Waals surface area contributed by atoms with E-state index < -0.39 is 11.6 Å². The molecule has 0 unspecified atom stereocenters. The van der Waals surface area contributed by atoms with Crippen molar-refractivity contribution in [2.45, 2.75) is 6.54 Å². The van der Waals surface area contributed by atoms with Crippen LogP contribution in [0.3, 0.4) is 0 Å². The fourth-order valence-corrected chi connectivity index (χ4v) is 3.07. The molecule has 0 spiro atoms. The summed E-state index contributed by atoms with van der Waals surface area (Å²) in [7, 11) is 0. The zero-order chi connectivity index (χ0) is 17.9. The number of hydrogen-bond donors (Lipinski definition) is 0. The van der Waals surface area contributed by atoms with E-state index in [9.17, 15) is 8.78 Å². The van der Waals surface area contributed by atoms with Crippen LogP contribution in [0.2, 0.25) is 0 Å². The summed E-state index contributed by atoms with van der Waals surface area (Å²) < 4.78 is 28.5. The van der Waals surface area contributed by atoms with Crippen LogP contribution >= 0.6 is 0 Å². The van der Waals surface area contributed by atoms with E-state index in [2.05, 4.69) is 24.9 Å². The van der Waals surface area contributed by atoms with Gasteiger partial charge in [-0.15, -0.1) is 0 Å².